The number of nitrogens with zero attached hydrogens (tertiary/aromatic N) is 4. The molecule has 1 saturated heterocycles. The molecule has 2 aromatic heterocycles. The van der Waals surface area contributed by atoms with Gasteiger partial charge in [0.05, 0.1) is 25.0 Å². The van der Waals surface area contributed by atoms with Crippen molar-refractivity contribution in [2.75, 3.05) is 45.4 Å². The Kier molecular flexibility index (Phi) is 6.95. The van der Waals surface area contributed by atoms with E-state index in [1.54, 1.807) is 14.2 Å². The van der Waals surface area contributed by atoms with Gasteiger partial charge in [-0.05, 0) is 56.0 Å². The smallest absolute Gasteiger partial charge is 0.255 e. The summed E-state index contributed by atoms with van der Waals surface area (Å²) in [5.41, 5.74) is 3.63. The van der Waals surface area contributed by atoms with Gasteiger partial charge in [0.15, 0.2) is 0 Å². The first-order valence-corrected chi connectivity index (χ1v) is 11.3. The Labute approximate surface area is 189 Å². The number of amides is 1. The molecule has 170 valence electrons. The lowest BCUT2D eigenvalue weighted by molar-refractivity contribution is 0.0724. The predicted octanol–water partition coefficient (Wildman–Crippen LogP) is 3.93. The third-order valence-electron chi connectivity index (χ3n) is 6.05. The van der Waals surface area contributed by atoms with Crippen LogP contribution in [0.5, 0.6) is 5.75 Å². The molecule has 3 aromatic rings. The van der Waals surface area contributed by atoms with E-state index in [4.69, 9.17) is 14.5 Å². The molecule has 1 aliphatic rings. The number of rotatable bonds is 8. The van der Waals surface area contributed by atoms with E-state index in [0.717, 1.165) is 54.4 Å². The van der Waals surface area contributed by atoms with E-state index in [1.807, 2.05) is 46.7 Å². The zero-order chi connectivity index (χ0) is 22.5. The minimum absolute atomic E-state index is 0.0995. The van der Waals surface area contributed by atoms with Crippen LogP contribution >= 0.6 is 0 Å². The van der Waals surface area contributed by atoms with Crippen LogP contribution < -0.4 is 9.64 Å². The molecule has 0 N–H and O–H groups in total. The molecule has 0 spiro atoms. The molecule has 1 amide bonds. The highest BCUT2D eigenvalue weighted by Crippen LogP contribution is 2.26. The van der Waals surface area contributed by atoms with Gasteiger partial charge in [-0.3, -0.25) is 9.20 Å². The zero-order valence-corrected chi connectivity index (χ0v) is 19.2. The summed E-state index contributed by atoms with van der Waals surface area (Å²) in [4.78, 5) is 22.1. The number of likely N-dealkylation sites (tertiary alicyclic amines) is 1. The van der Waals surface area contributed by atoms with Gasteiger partial charge in [-0.2, -0.15) is 0 Å². The number of pyridine rings is 1. The molecule has 4 rings (SSSR count). The molecule has 3 heterocycles. The van der Waals surface area contributed by atoms with Crippen LogP contribution in [0, 0.1) is 6.92 Å². The van der Waals surface area contributed by atoms with E-state index < -0.39 is 0 Å². The molecule has 0 bridgehead atoms. The van der Waals surface area contributed by atoms with Crippen molar-refractivity contribution in [3.8, 4) is 5.75 Å². The van der Waals surface area contributed by atoms with E-state index >= 15 is 0 Å². The van der Waals surface area contributed by atoms with Gasteiger partial charge >= 0.3 is 0 Å². The number of fused-ring (bicyclic) bond motifs is 1. The fourth-order valence-corrected chi connectivity index (χ4v) is 4.35. The van der Waals surface area contributed by atoms with Gasteiger partial charge in [0, 0.05) is 39.5 Å². The molecule has 0 radical (unpaired) electrons. The Bertz CT molecular complexity index is 1050. The lowest BCUT2D eigenvalue weighted by Crippen LogP contribution is -2.35. The number of benzene rings is 1. The number of imidazole rings is 1. The minimum Gasteiger partial charge on any atom is -0.497 e. The van der Waals surface area contributed by atoms with Crippen molar-refractivity contribution in [2.24, 2.45) is 0 Å². The summed E-state index contributed by atoms with van der Waals surface area (Å²) in [6.07, 6.45) is 5.30. The Hall–Kier alpha value is -3.06. The standard InChI is InChI=1S/C25H32N4O3/c1-19-24(28(15-16-31-2)17-20-7-10-22(32-3)11-8-20)29-18-21(9-12-23(29)26-19)25(30)27-13-5-4-6-14-27/h7-12,18H,4-6,13-17H2,1-3H3. The second kappa shape index (κ2) is 10.0. The molecule has 1 aromatic carbocycles. The maximum Gasteiger partial charge on any atom is 0.255 e. The molecular formula is C25H32N4O3. The van der Waals surface area contributed by atoms with E-state index in [9.17, 15) is 4.79 Å². The van der Waals surface area contributed by atoms with Crippen molar-refractivity contribution < 1.29 is 14.3 Å². The largest absolute Gasteiger partial charge is 0.497 e. The predicted molar refractivity (Wildman–Crippen MR) is 126 cm³/mol. The average Bonchev–Trinajstić information content (AvgIpc) is 3.17. The van der Waals surface area contributed by atoms with Crippen molar-refractivity contribution in [2.45, 2.75) is 32.7 Å². The van der Waals surface area contributed by atoms with Crippen LogP contribution in [0.3, 0.4) is 0 Å². The molecule has 0 saturated carbocycles. The van der Waals surface area contributed by atoms with Crippen molar-refractivity contribution in [1.82, 2.24) is 14.3 Å². The molecule has 0 atom stereocenters. The van der Waals surface area contributed by atoms with Crippen LogP contribution in [-0.2, 0) is 11.3 Å². The van der Waals surface area contributed by atoms with Gasteiger partial charge in [-0.1, -0.05) is 12.1 Å². The molecule has 0 unspecified atom stereocenters. The summed E-state index contributed by atoms with van der Waals surface area (Å²) in [5.74, 6) is 1.92. The molecule has 1 fully saturated rings. The highest BCUT2D eigenvalue weighted by Gasteiger charge is 2.21. The van der Waals surface area contributed by atoms with Crippen LogP contribution in [0.25, 0.3) is 5.65 Å². The lowest BCUT2D eigenvalue weighted by Gasteiger charge is -2.27. The van der Waals surface area contributed by atoms with E-state index in [-0.39, 0.29) is 5.91 Å². The maximum atomic E-state index is 13.1. The number of carbonyl (C=O) groups excluding carboxylic acids is 1. The number of aromatic nitrogens is 2. The monoisotopic (exact) mass is 436 g/mol. The second-order valence-electron chi connectivity index (χ2n) is 8.28. The second-order valence-corrected chi connectivity index (χ2v) is 8.28. The van der Waals surface area contributed by atoms with E-state index in [1.165, 1.54) is 6.42 Å². The summed E-state index contributed by atoms with van der Waals surface area (Å²) in [6.45, 7) is 5.69. The van der Waals surface area contributed by atoms with Crippen molar-refractivity contribution >= 4 is 17.4 Å². The average molecular weight is 437 g/mol. The number of hydrogen-bond donors (Lipinski definition) is 0. The first-order chi connectivity index (χ1) is 15.6. The number of hydrogen-bond acceptors (Lipinski definition) is 5. The minimum atomic E-state index is 0.0995. The topological polar surface area (TPSA) is 59.3 Å². The Morgan fingerprint density at radius 1 is 1.06 bits per heavy atom. The van der Waals surface area contributed by atoms with E-state index in [0.29, 0.717) is 25.3 Å². The quantitative estimate of drug-likeness (QED) is 0.536. The number of methoxy groups -OCH3 is 2. The van der Waals surface area contributed by atoms with Gasteiger partial charge in [0.25, 0.3) is 5.91 Å². The van der Waals surface area contributed by atoms with E-state index in [2.05, 4.69) is 17.0 Å². The van der Waals surface area contributed by atoms with Gasteiger partial charge in [-0.15, -0.1) is 0 Å². The van der Waals surface area contributed by atoms with Gasteiger partial charge in [-0.25, -0.2) is 4.98 Å². The van der Waals surface area contributed by atoms with Crippen molar-refractivity contribution in [3.63, 3.8) is 0 Å². The number of piperidine rings is 1. The van der Waals surface area contributed by atoms with Gasteiger partial charge in [0.2, 0.25) is 0 Å². The first kappa shape index (κ1) is 22.1. The van der Waals surface area contributed by atoms with Crippen molar-refractivity contribution in [1.29, 1.82) is 0 Å². The summed E-state index contributed by atoms with van der Waals surface area (Å²) >= 11 is 0. The van der Waals surface area contributed by atoms with Crippen LogP contribution in [0.2, 0.25) is 0 Å². The van der Waals surface area contributed by atoms with Gasteiger partial charge < -0.3 is 19.3 Å². The van der Waals surface area contributed by atoms with Gasteiger partial charge in [0.1, 0.15) is 17.2 Å². The fourth-order valence-electron chi connectivity index (χ4n) is 4.35. The first-order valence-electron chi connectivity index (χ1n) is 11.3. The summed E-state index contributed by atoms with van der Waals surface area (Å²) in [6, 6.07) is 11.9. The maximum absolute atomic E-state index is 13.1. The molecule has 32 heavy (non-hydrogen) atoms. The highest BCUT2D eigenvalue weighted by atomic mass is 16.5. The fraction of sp³-hybridized carbons (Fsp3) is 0.440. The van der Waals surface area contributed by atoms with Crippen molar-refractivity contribution in [3.05, 3.63) is 59.4 Å². The zero-order valence-electron chi connectivity index (χ0n) is 19.2. The highest BCUT2D eigenvalue weighted by molar-refractivity contribution is 5.94. The van der Waals surface area contributed by atoms with Crippen LogP contribution in [-0.4, -0.2) is 60.7 Å². The number of carbonyl (C=O) groups is 1. The molecule has 0 aliphatic carbocycles. The Morgan fingerprint density at radius 2 is 1.81 bits per heavy atom. The molecule has 7 nitrogen and oxygen atoms in total. The Morgan fingerprint density at radius 3 is 2.50 bits per heavy atom. The molecule has 7 heteroatoms. The lowest BCUT2D eigenvalue weighted by atomic mass is 10.1. The third kappa shape index (κ3) is 4.72. The molecular weight excluding hydrogens is 404 g/mol. The van der Waals surface area contributed by atoms with Crippen LogP contribution in [0.4, 0.5) is 5.82 Å². The summed E-state index contributed by atoms with van der Waals surface area (Å²) < 4.78 is 12.7. The SMILES string of the molecule is COCCN(Cc1ccc(OC)cc1)c1c(C)nc2ccc(C(=O)N3CCCCC3)cn12. The summed E-state index contributed by atoms with van der Waals surface area (Å²) in [7, 11) is 3.38. The Balaban J connectivity index is 1.67. The van der Waals surface area contributed by atoms with Crippen LogP contribution in [0.15, 0.2) is 42.6 Å². The number of anilines is 1. The number of aryl methyl sites for hydroxylation is 1. The molecule has 1 aliphatic heterocycles. The van der Waals surface area contributed by atoms with Crippen LogP contribution in [0.1, 0.15) is 40.9 Å². The third-order valence-corrected chi connectivity index (χ3v) is 6.05. The number of ether oxygens (including phenoxy) is 2. The normalized spacial score (nSPS) is 14.0. The summed E-state index contributed by atoms with van der Waals surface area (Å²) in [5, 5.41) is 0.